The predicted octanol–water partition coefficient (Wildman–Crippen LogP) is 6.08. The van der Waals surface area contributed by atoms with E-state index < -0.39 is 12.5 Å². The molecule has 1 aromatic heterocycles. The van der Waals surface area contributed by atoms with Crippen LogP contribution in [0.5, 0.6) is 5.75 Å². The van der Waals surface area contributed by atoms with Crippen LogP contribution in [0.15, 0.2) is 54.6 Å². The van der Waals surface area contributed by atoms with E-state index in [0.717, 1.165) is 46.6 Å². The van der Waals surface area contributed by atoms with E-state index >= 15 is 0 Å². The fourth-order valence-corrected chi connectivity index (χ4v) is 4.16. The van der Waals surface area contributed by atoms with Crippen molar-refractivity contribution in [3.63, 3.8) is 0 Å². The third kappa shape index (κ3) is 4.44. The maximum atomic E-state index is 12.5. The van der Waals surface area contributed by atoms with Gasteiger partial charge in [0.25, 0.3) is 0 Å². The van der Waals surface area contributed by atoms with E-state index in [2.05, 4.69) is 28.4 Å². The number of halogens is 2. The molecule has 0 atom stereocenters. The lowest BCUT2D eigenvalue weighted by atomic mass is 10.0. The summed E-state index contributed by atoms with van der Waals surface area (Å²) in [7, 11) is 0. The highest BCUT2D eigenvalue weighted by Crippen LogP contribution is 2.33. The Kier molecular flexibility index (Phi) is 6.40. The van der Waals surface area contributed by atoms with Crippen LogP contribution in [0.25, 0.3) is 21.8 Å². The van der Waals surface area contributed by atoms with E-state index in [9.17, 15) is 13.6 Å². The number of unbranched alkanes of at least 4 members (excludes halogenated alkanes) is 2. The first kappa shape index (κ1) is 21.8. The Morgan fingerprint density at radius 2 is 1.88 bits per heavy atom. The fourth-order valence-electron chi connectivity index (χ4n) is 4.16. The molecule has 0 aliphatic rings. The molecule has 0 bridgehead atoms. The van der Waals surface area contributed by atoms with Crippen molar-refractivity contribution in [2.75, 3.05) is 0 Å². The number of ether oxygens (including phenoxy) is 1. The maximum absolute atomic E-state index is 12.5. The number of carbonyl (C=O) groups is 1. The second-order valence-corrected chi connectivity index (χ2v) is 7.90. The Bertz CT molecular complexity index is 1250. The van der Waals surface area contributed by atoms with Gasteiger partial charge < -0.3 is 15.0 Å². The number of hydrogen-bond donors (Lipinski definition) is 1. The minimum atomic E-state index is -2.85. The number of benzene rings is 3. The molecule has 1 heterocycles. The van der Waals surface area contributed by atoms with Crippen LogP contribution < -0.4 is 10.5 Å². The van der Waals surface area contributed by atoms with Gasteiger partial charge in [0.1, 0.15) is 5.75 Å². The van der Waals surface area contributed by atoms with E-state index in [4.69, 9.17) is 5.73 Å². The molecule has 3 aromatic carbocycles. The summed E-state index contributed by atoms with van der Waals surface area (Å²) in [6.07, 6.45) is 4.39. The summed E-state index contributed by atoms with van der Waals surface area (Å²) in [4.78, 5) is 12.1. The van der Waals surface area contributed by atoms with Crippen molar-refractivity contribution in [2.24, 2.45) is 5.73 Å². The molecule has 32 heavy (non-hydrogen) atoms. The summed E-state index contributed by atoms with van der Waals surface area (Å²) in [5, 5.41) is 1.64. The number of alkyl halides is 2. The van der Waals surface area contributed by atoms with E-state index in [1.54, 1.807) is 18.2 Å². The average molecular weight is 435 g/mol. The van der Waals surface area contributed by atoms with Crippen molar-refractivity contribution < 1.29 is 18.3 Å². The second-order valence-electron chi connectivity index (χ2n) is 7.90. The van der Waals surface area contributed by atoms with Gasteiger partial charge in [0.05, 0.1) is 11.0 Å². The molecule has 0 saturated carbocycles. The molecule has 165 valence electrons. The quantitative estimate of drug-likeness (QED) is 0.324. The lowest BCUT2D eigenvalue weighted by molar-refractivity contribution is -0.0498. The Balaban J connectivity index is 1.81. The first-order valence-electron chi connectivity index (χ1n) is 10.8. The smallest absolute Gasteiger partial charge is 0.387 e. The van der Waals surface area contributed by atoms with Crippen molar-refractivity contribution in [1.29, 1.82) is 0 Å². The van der Waals surface area contributed by atoms with E-state index in [1.807, 2.05) is 18.2 Å². The van der Waals surface area contributed by atoms with Crippen LogP contribution in [0.1, 0.15) is 47.7 Å². The summed E-state index contributed by atoms with van der Waals surface area (Å²) >= 11 is 0. The van der Waals surface area contributed by atoms with Gasteiger partial charge in [-0.3, -0.25) is 4.79 Å². The van der Waals surface area contributed by atoms with Crippen molar-refractivity contribution in [3.8, 4) is 5.75 Å². The van der Waals surface area contributed by atoms with Crippen LogP contribution >= 0.6 is 0 Å². The third-order valence-electron chi connectivity index (χ3n) is 5.68. The molecule has 0 aliphatic heterocycles. The summed E-state index contributed by atoms with van der Waals surface area (Å²) in [5.41, 5.74) is 10.1. The number of fused-ring (bicyclic) bond motifs is 3. The third-order valence-corrected chi connectivity index (χ3v) is 5.68. The molecule has 6 heteroatoms. The van der Waals surface area contributed by atoms with Crippen LogP contribution in [-0.4, -0.2) is 17.1 Å². The summed E-state index contributed by atoms with van der Waals surface area (Å²) in [6.45, 7) is -0.174. The number of nitrogens with two attached hydrogens (primary N) is 1. The SMILES string of the molecule is CCCCCc1c[c]c2c3c(C(N)=O)cccc3n(Cc3ccc(OC(F)F)cc3)c2c1. The molecule has 1 amide bonds. The second kappa shape index (κ2) is 9.39. The zero-order valence-corrected chi connectivity index (χ0v) is 17.9. The van der Waals surface area contributed by atoms with Gasteiger partial charge in [-0.1, -0.05) is 44.0 Å². The molecule has 4 aromatic rings. The molecule has 2 N–H and O–H groups in total. The lowest BCUT2D eigenvalue weighted by Crippen LogP contribution is -2.11. The van der Waals surface area contributed by atoms with E-state index in [1.165, 1.54) is 24.1 Å². The number of rotatable bonds is 9. The average Bonchev–Trinajstić information content (AvgIpc) is 3.08. The monoisotopic (exact) mass is 435 g/mol. The van der Waals surface area contributed by atoms with Gasteiger partial charge in [-0.05, 0) is 60.4 Å². The van der Waals surface area contributed by atoms with E-state index in [-0.39, 0.29) is 5.75 Å². The van der Waals surface area contributed by atoms with E-state index in [0.29, 0.717) is 12.1 Å². The number of aryl methyl sites for hydroxylation is 1. The van der Waals surface area contributed by atoms with Gasteiger partial charge in [0, 0.05) is 22.9 Å². The Hall–Kier alpha value is -3.41. The maximum Gasteiger partial charge on any atom is 0.387 e. The zero-order valence-electron chi connectivity index (χ0n) is 17.9. The number of nitrogens with zero attached hydrogens (tertiary/aromatic N) is 1. The summed E-state index contributed by atoms with van der Waals surface area (Å²) in [6, 6.07) is 19.6. The van der Waals surface area contributed by atoms with Crippen LogP contribution in [0, 0.1) is 6.07 Å². The van der Waals surface area contributed by atoms with Crippen molar-refractivity contribution in [1.82, 2.24) is 4.57 Å². The Labute approximate surface area is 185 Å². The molecule has 4 rings (SSSR count). The van der Waals surface area contributed by atoms with Gasteiger partial charge in [-0.25, -0.2) is 0 Å². The van der Waals surface area contributed by atoms with Crippen LogP contribution in [0.4, 0.5) is 8.78 Å². The predicted molar refractivity (Wildman–Crippen MR) is 122 cm³/mol. The molecule has 0 fully saturated rings. The van der Waals surface area contributed by atoms with Gasteiger partial charge in [-0.2, -0.15) is 8.78 Å². The largest absolute Gasteiger partial charge is 0.435 e. The summed E-state index contributed by atoms with van der Waals surface area (Å²) in [5.74, 6) is -0.364. The highest BCUT2D eigenvalue weighted by Gasteiger charge is 2.17. The molecular weight excluding hydrogens is 410 g/mol. The number of amides is 1. The number of aromatic nitrogens is 1. The first-order chi connectivity index (χ1) is 15.5. The van der Waals surface area contributed by atoms with Crippen molar-refractivity contribution >= 4 is 27.7 Å². The molecule has 0 unspecified atom stereocenters. The van der Waals surface area contributed by atoms with Crippen LogP contribution in [0.2, 0.25) is 0 Å². The standard InChI is InChI=1S/C26H25F2N2O2/c1-2-3-4-6-17-11-14-20-23(15-17)30(22-8-5-7-21(24(20)22)25(29)31)16-18-9-12-19(13-10-18)32-26(27)28/h5,7-13,15,26H,2-4,6,16H2,1H3,(H2,29,31). The molecule has 4 nitrogen and oxygen atoms in total. The minimum absolute atomic E-state index is 0.119. The molecule has 0 saturated heterocycles. The molecular formula is C26H25F2N2O2. The molecule has 0 aliphatic carbocycles. The van der Waals surface area contributed by atoms with Gasteiger partial charge in [0.15, 0.2) is 0 Å². The Morgan fingerprint density at radius 3 is 2.56 bits per heavy atom. The molecule has 0 spiro atoms. The number of primary amides is 1. The van der Waals surface area contributed by atoms with Crippen LogP contribution in [-0.2, 0) is 13.0 Å². The van der Waals surface area contributed by atoms with Crippen molar-refractivity contribution in [2.45, 2.75) is 45.8 Å². The molecule has 1 radical (unpaired) electrons. The lowest BCUT2D eigenvalue weighted by Gasteiger charge is -2.10. The minimum Gasteiger partial charge on any atom is -0.435 e. The van der Waals surface area contributed by atoms with Crippen LogP contribution in [0.3, 0.4) is 0 Å². The van der Waals surface area contributed by atoms with Gasteiger partial charge in [0.2, 0.25) is 5.91 Å². The van der Waals surface area contributed by atoms with Gasteiger partial charge >= 0.3 is 6.61 Å². The highest BCUT2D eigenvalue weighted by atomic mass is 19.3. The summed E-state index contributed by atoms with van der Waals surface area (Å²) < 4.78 is 31.5. The fraction of sp³-hybridized carbons (Fsp3) is 0.269. The topological polar surface area (TPSA) is 57.2 Å². The normalized spacial score (nSPS) is 11.5. The highest BCUT2D eigenvalue weighted by molar-refractivity contribution is 6.17. The number of carbonyl (C=O) groups excluding carboxylic acids is 1. The number of hydrogen-bond acceptors (Lipinski definition) is 2. The first-order valence-corrected chi connectivity index (χ1v) is 10.8. The Morgan fingerprint density at radius 1 is 1.09 bits per heavy atom. The van der Waals surface area contributed by atoms with Crippen molar-refractivity contribution in [3.05, 3.63) is 77.4 Å². The van der Waals surface area contributed by atoms with Gasteiger partial charge in [-0.15, -0.1) is 0 Å². The zero-order chi connectivity index (χ0) is 22.7.